The molecule has 1 aliphatic carbocycles. The molecule has 0 radical (unpaired) electrons. The lowest BCUT2D eigenvalue weighted by Crippen LogP contribution is -2.41. The molecule has 0 fully saturated rings. The summed E-state index contributed by atoms with van der Waals surface area (Å²) in [6.07, 6.45) is 0.121. The van der Waals surface area contributed by atoms with E-state index in [2.05, 4.69) is 17.4 Å². The standard InChI is InChI=1S/C27H34N2O6/c1-27(2,3)35-26(33)29(4)16-10-9-15-23(24(30)31)28-25(32)34-17-22-20-13-7-5-11-18(20)19-12-6-8-14-21(19)22/h5-8,11-14,22-23H,9-10,15-17H2,1-4H3,(H,28,32)(H,30,31). The fourth-order valence-electron chi connectivity index (χ4n) is 4.17. The Labute approximate surface area is 206 Å². The van der Waals surface area contributed by atoms with Gasteiger partial charge in [0.15, 0.2) is 0 Å². The van der Waals surface area contributed by atoms with Gasteiger partial charge in [0, 0.05) is 19.5 Å². The number of alkyl carbamates (subject to hydrolysis) is 1. The zero-order valence-corrected chi connectivity index (χ0v) is 20.7. The van der Waals surface area contributed by atoms with E-state index >= 15 is 0 Å². The second-order valence-corrected chi connectivity index (χ2v) is 9.76. The predicted octanol–water partition coefficient (Wildman–Crippen LogP) is 5.02. The average molecular weight is 483 g/mol. The number of benzene rings is 2. The number of carbonyl (C=O) groups excluding carboxylic acids is 2. The van der Waals surface area contributed by atoms with Crippen LogP contribution in [-0.2, 0) is 14.3 Å². The highest BCUT2D eigenvalue weighted by Gasteiger charge is 2.29. The van der Waals surface area contributed by atoms with E-state index in [1.807, 2.05) is 36.4 Å². The van der Waals surface area contributed by atoms with E-state index in [-0.39, 0.29) is 18.9 Å². The Hall–Kier alpha value is -3.55. The molecule has 2 N–H and O–H groups in total. The molecule has 0 heterocycles. The molecule has 0 aliphatic heterocycles. The van der Waals surface area contributed by atoms with Crippen molar-refractivity contribution in [2.24, 2.45) is 0 Å². The first-order valence-electron chi connectivity index (χ1n) is 11.8. The van der Waals surface area contributed by atoms with E-state index in [1.54, 1.807) is 27.8 Å². The molecule has 2 aromatic rings. The Morgan fingerprint density at radius 3 is 2.11 bits per heavy atom. The highest BCUT2D eigenvalue weighted by molar-refractivity contribution is 5.81. The second-order valence-electron chi connectivity index (χ2n) is 9.76. The van der Waals surface area contributed by atoms with Gasteiger partial charge in [0.05, 0.1) is 0 Å². The van der Waals surface area contributed by atoms with Crippen LogP contribution in [0.5, 0.6) is 0 Å². The zero-order chi connectivity index (χ0) is 25.6. The molecule has 188 valence electrons. The van der Waals surface area contributed by atoms with Crippen molar-refractivity contribution in [3.8, 4) is 11.1 Å². The number of amides is 2. The maximum Gasteiger partial charge on any atom is 0.410 e. The van der Waals surface area contributed by atoms with Crippen LogP contribution in [0.4, 0.5) is 9.59 Å². The summed E-state index contributed by atoms with van der Waals surface area (Å²) in [5, 5.41) is 12.0. The molecule has 0 saturated carbocycles. The number of carbonyl (C=O) groups is 3. The summed E-state index contributed by atoms with van der Waals surface area (Å²) in [6.45, 7) is 5.93. The fraction of sp³-hybridized carbons (Fsp3) is 0.444. The first-order valence-corrected chi connectivity index (χ1v) is 11.8. The molecular formula is C27H34N2O6. The van der Waals surface area contributed by atoms with Gasteiger partial charge < -0.3 is 24.8 Å². The molecule has 0 spiro atoms. The number of hydrogen-bond donors (Lipinski definition) is 2. The van der Waals surface area contributed by atoms with Crippen molar-refractivity contribution in [3.05, 3.63) is 59.7 Å². The number of nitrogens with zero attached hydrogens (tertiary/aromatic N) is 1. The number of carboxylic acid groups (broad SMARTS) is 1. The molecule has 8 nitrogen and oxygen atoms in total. The van der Waals surface area contributed by atoms with Gasteiger partial charge in [0.25, 0.3) is 0 Å². The first kappa shape index (κ1) is 26.1. The number of aliphatic carboxylic acids is 1. The lowest BCUT2D eigenvalue weighted by atomic mass is 9.98. The van der Waals surface area contributed by atoms with Crippen LogP contribution in [0, 0.1) is 0 Å². The zero-order valence-electron chi connectivity index (χ0n) is 20.7. The molecule has 0 bridgehead atoms. The van der Waals surface area contributed by atoms with Gasteiger partial charge in [-0.15, -0.1) is 0 Å². The third-order valence-electron chi connectivity index (χ3n) is 5.88. The normalized spacial score (nSPS) is 13.4. The van der Waals surface area contributed by atoms with Gasteiger partial charge in [-0.1, -0.05) is 48.5 Å². The van der Waals surface area contributed by atoms with Crippen LogP contribution >= 0.6 is 0 Å². The number of ether oxygens (including phenoxy) is 2. The molecule has 2 aromatic carbocycles. The number of unbranched alkanes of at least 4 members (excludes halogenated alkanes) is 1. The molecule has 1 atom stereocenters. The summed E-state index contributed by atoms with van der Waals surface area (Å²) in [4.78, 5) is 37.6. The predicted molar refractivity (Wildman–Crippen MR) is 132 cm³/mol. The molecule has 0 aromatic heterocycles. The van der Waals surface area contributed by atoms with E-state index in [0.717, 1.165) is 22.3 Å². The lowest BCUT2D eigenvalue weighted by Gasteiger charge is -2.24. The van der Waals surface area contributed by atoms with Gasteiger partial charge in [0.1, 0.15) is 18.2 Å². The van der Waals surface area contributed by atoms with Crippen molar-refractivity contribution in [2.45, 2.75) is 57.6 Å². The Balaban J connectivity index is 1.48. The molecule has 1 aliphatic rings. The van der Waals surface area contributed by atoms with Gasteiger partial charge in [0.2, 0.25) is 0 Å². The maximum atomic E-state index is 12.4. The third-order valence-corrected chi connectivity index (χ3v) is 5.88. The number of fused-ring (bicyclic) bond motifs is 3. The Kier molecular flexibility index (Phi) is 8.38. The summed E-state index contributed by atoms with van der Waals surface area (Å²) >= 11 is 0. The van der Waals surface area contributed by atoms with Crippen LogP contribution in [0.25, 0.3) is 11.1 Å². The van der Waals surface area contributed by atoms with Crippen molar-refractivity contribution in [1.29, 1.82) is 0 Å². The molecule has 3 rings (SSSR count). The number of nitrogens with one attached hydrogen (secondary N) is 1. The first-order chi connectivity index (χ1) is 16.6. The minimum atomic E-state index is -1.13. The van der Waals surface area contributed by atoms with E-state index in [0.29, 0.717) is 19.4 Å². The van der Waals surface area contributed by atoms with E-state index < -0.39 is 29.8 Å². The monoisotopic (exact) mass is 482 g/mol. The molecule has 35 heavy (non-hydrogen) atoms. The largest absolute Gasteiger partial charge is 0.480 e. The van der Waals surface area contributed by atoms with Crippen LogP contribution in [0.1, 0.15) is 57.1 Å². The van der Waals surface area contributed by atoms with Gasteiger partial charge in [-0.2, -0.15) is 0 Å². The number of rotatable bonds is 9. The number of hydrogen-bond acceptors (Lipinski definition) is 5. The van der Waals surface area contributed by atoms with Gasteiger partial charge >= 0.3 is 18.2 Å². The summed E-state index contributed by atoms with van der Waals surface area (Å²) < 4.78 is 10.8. The summed E-state index contributed by atoms with van der Waals surface area (Å²) in [7, 11) is 1.64. The lowest BCUT2D eigenvalue weighted by molar-refractivity contribution is -0.139. The maximum absolute atomic E-state index is 12.4. The van der Waals surface area contributed by atoms with E-state index in [9.17, 15) is 19.5 Å². The third kappa shape index (κ3) is 6.97. The van der Waals surface area contributed by atoms with Gasteiger partial charge in [-0.3, -0.25) is 0 Å². The Bertz CT molecular complexity index is 1020. The van der Waals surface area contributed by atoms with E-state index in [1.165, 1.54) is 4.90 Å². The Morgan fingerprint density at radius 2 is 1.57 bits per heavy atom. The smallest absolute Gasteiger partial charge is 0.410 e. The number of carboxylic acids is 1. The molecule has 2 amide bonds. The van der Waals surface area contributed by atoms with Crippen molar-refractivity contribution >= 4 is 18.2 Å². The van der Waals surface area contributed by atoms with Crippen molar-refractivity contribution in [2.75, 3.05) is 20.2 Å². The van der Waals surface area contributed by atoms with Crippen LogP contribution in [-0.4, -0.2) is 60.0 Å². The summed E-state index contributed by atoms with van der Waals surface area (Å²) in [6, 6.07) is 15.0. The average Bonchev–Trinajstić information content (AvgIpc) is 3.12. The molecule has 8 heteroatoms. The molecule has 1 unspecified atom stereocenters. The van der Waals surface area contributed by atoms with E-state index in [4.69, 9.17) is 9.47 Å². The SMILES string of the molecule is CN(CCCCC(NC(=O)OCC1c2ccccc2-c2ccccc21)C(=O)O)C(=O)OC(C)(C)C. The Morgan fingerprint density at radius 1 is 1.00 bits per heavy atom. The topological polar surface area (TPSA) is 105 Å². The minimum Gasteiger partial charge on any atom is -0.480 e. The summed E-state index contributed by atoms with van der Waals surface area (Å²) in [5.41, 5.74) is 3.84. The second kappa shape index (κ2) is 11.3. The highest BCUT2D eigenvalue weighted by atomic mass is 16.6. The molecular weight excluding hydrogens is 448 g/mol. The van der Waals surface area contributed by atoms with Crippen LogP contribution in [0.3, 0.4) is 0 Å². The summed E-state index contributed by atoms with van der Waals surface area (Å²) in [5.74, 6) is -1.22. The van der Waals surface area contributed by atoms with Crippen LogP contribution < -0.4 is 5.32 Å². The van der Waals surface area contributed by atoms with Crippen molar-refractivity contribution in [3.63, 3.8) is 0 Å². The quantitative estimate of drug-likeness (QED) is 0.487. The van der Waals surface area contributed by atoms with Crippen LogP contribution in [0.15, 0.2) is 48.5 Å². The highest BCUT2D eigenvalue weighted by Crippen LogP contribution is 2.44. The van der Waals surface area contributed by atoms with Crippen LogP contribution in [0.2, 0.25) is 0 Å². The fourth-order valence-corrected chi connectivity index (χ4v) is 4.17. The molecule has 0 saturated heterocycles. The van der Waals surface area contributed by atoms with Gasteiger partial charge in [-0.05, 0) is 62.3 Å². The van der Waals surface area contributed by atoms with Gasteiger partial charge in [-0.25, -0.2) is 14.4 Å². The minimum absolute atomic E-state index is 0.0974. The van der Waals surface area contributed by atoms with Crippen molar-refractivity contribution in [1.82, 2.24) is 10.2 Å². The van der Waals surface area contributed by atoms with Crippen molar-refractivity contribution < 1.29 is 29.0 Å².